The average Bonchev–Trinajstić information content (AvgIpc) is 3.06. The van der Waals surface area contributed by atoms with E-state index in [2.05, 4.69) is 42.5 Å². The summed E-state index contributed by atoms with van der Waals surface area (Å²) in [5.41, 5.74) is 1.21. The van der Waals surface area contributed by atoms with Crippen LogP contribution in [0, 0.1) is 0 Å². The fourth-order valence-corrected chi connectivity index (χ4v) is 6.45. The Morgan fingerprint density at radius 2 is 0.867 bits per heavy atom. The Morgan fingerprint density at radius 3 is 1.33 bits per heavy atom. The Hall–Kier alpha value is -1.16. The summed E-state index contributed by atoms with van der Waals surface area (Å²) < 4.78 is 18.4. The fourth-order valence-electron chi connectivity index (χ4n) is 6.45. The molecule has 1 heterocycles. The van der Waals surface area contributed by atoms with Crippen LogP contribution < -0.4 is 0 Å². The lowest BCUT2D eigenvalue weighted by Crippen LogP contribution is -2.26. The van der Waals surface area contributed by atoms with E-state index in [0.29, 0.717) is 19.8 Å². The normalized spacial score (nSPS) is 23.5. The Balaban J connectivity index is 1.60. The largest absolute Gasteiger partial charge is 0.379 e. The number of hydrogen-bond donors (Lipinski definition) is 0. The molecule has 260 valence electrons. The molecular weight excluding hydrogens is 552 g/mol. The summed E-state index contributed by atoms with van der Waals surface area (Å²) in [5, 5.41) is 0. The quantitative estimate of drug-likeness (QED) is 0.311. The molecule has 0 bridgehead atoms. The molecule has 0 aromatic heterocycles. The van der Waals surface area contributed by atoms with Crippen LogP contribution in [0.15, 0.2) is 42.5 Å². The molecule has 1 aliphatic heterocycles. The smallest absolute Gasteiger partial charge is 0.104 e. The van der Waals surface area contributed by atoms with Crippen LogP contribution in [-0.4, -0.2) is 32.5 Å². The number of rotatable bonds is 4. The molecule has 2 rings (SSSR count). The molecule has 0 fully saturated rings. The maximum atomic E-state index is 6.26. The van der Waals surface area contributed by atoms with Crippen molar-refractivity contribution in [3.63, 3.8) is 0 Å². The van der Waals surface area contributed by atoms with Crippen LogP contribution in [-0.2, 0) is 20.8 Å². The highest BCUT2D eigenvalue weighted by atomic mass is 16.6. The third kappa shape index (κ3) is 27.6. The molecule has 1 aromatic rings. The van der Waals surface area contributed by atoms with Crippen molar-refractivity contribution in [2.75, 3.05) is 26.4 Å². The van der Waals surface area contributed by atoms with Crippen LogP contribution in [0.1, 0.15) is 185 Å². The molecule has 0 N–H and O–H groups in total. The topological polar surface area (TPSA) is 27.7 Å². The highest BCUT2D eigenvalue weighted by Gasteiger charge is 2.10. The Kier molecular flexibility index (Phi) is 29.1. The van der Waals surface area contributed by atoms with Crippen LogP contribution in [0.2, 0.25) is 0 Å². The summed E-state index contributed by atoms with van der Waals surface area (Å²) in [6, 6.07) is 10.4. The zero-order chi connectivity index (χ0) is 31.6. The van der Waals surface area contributed by atoms with Crippen LogP contribution in [0.25, 0.3) is 0 Å². The summed E-state index contributed by atoms with van der Waals surface area (Å²) in [4.78, 5) is 0. The first-order valence-electron chi connectivity index (χ1n) is 19.9. The first-order chi connectivity index (χ1) is 22.4. The van der Waals surface area contributed by atoms with Crippen molar-refractivity contribution < 1.29 is 14.2 Å². The standard InChI is InChI=1S/C42H74O3/c1-2-4-6-8-10-12-14-16-18-20-22-24-26-28-33-37-45-42(40-44-38-41-34-30-29-31-35-41)39-43-36-32-27-25-23-21-19-17-15-13-11-9-7-5-3-1/h1-2,29-31,34-35,42H,3-28,32-33,36-40H2/b2-1+/t42-/m0/s1. The predicted octanol–water partition coefficient (Wildman–Crippen LogP) is 13.1. The molecule has 0 unspecified atom stereocenters. The van der Waals surface area contributed by atoms with Crippen LogP contribution in [0.3, 0.4) is 0 Å². The molecule has 1 atom stereocenters. The lowest BCUT2D eigenvalue weighted by Gasteiger charge is -2.18. The van der Waals surface area contributed by atoms with Gasteiger partial charge in [0.2, 0.25) is 0 Å². The molecule has 0 amide bonds. The Bertz CT molecular complexity index is 733. The van der Waals surface area contributed by atoms with E-state index >= 15 is 0 Å². The van der Waals surface area contributed by atoms with Gasteiger partial charge >= 0.3 is 0 Å². The molecule has 0 spiro atoms. The maximum absolute atomic E-state index is 6.26. The molecule has 0 saturated carbocycles. The van der Waals surface area contributed by atoms with Crippen LogP contribution in [0.4, 0.5) is 0 Å². The number of benzene rings is 1. The maximum Gasteiger partial charge on any atom is 0.104 e. The van der Waals surface area contributed by atoms with E-state index in [0.717, 1.165) is 26.1 Å². The summed E-state index contributed by atoms with van der Waals surface area (Å²) in [6.07, 6.45) is 43.4. The second-order valence-electron chi connectivity index (χ2n) is 13.8. The van der Waals surface area contributed by atoms with E-state index in [9.17, 15) is 0 Å². The van der Waals surface area contributed by atoms with Gasteiger partial charge in [0.1, 0.15) is 6.10 Å². The van der Waals surface area contributed by atoms with Gasteiger partial charge in [-0.2, -0.15) is 0 Å². The van der Waals surface area contributed by atoms with Crippen molar-refractivity contribution in [2.45, 2.75) is 192 Å². The SMILES string of the molecule is C1=C/CCCCCCCCCCCCCCCO[C@H](COCc2ccccc2)COCCCCCCCCCCCCCCC/1. The number of allylic oxidation sites excluding steroid dienone is 2. The van der Waals surface area contributed by atoms with E-state index in [1.54, 1.807) is 0 Å². The molecule has 1 aromatic carbocycles. The van der Waals surface area contributed by atoms with Gasteiger partial charge in [-0.15, -0.1) is 0 Å². The van der Waals surface area contributed by atoms with Gasteiger partial charge < -0.3 is 14.2 Å². The summed E-state index contributed by atoms with van der Waals surface area (Å²) in [7, 11) is 0. The third-order valence-electron chi connectivity index (χ3n) is 9.41. The van der Waals surface area contributed by atoms with E-state index in [4.69, 9.17) is 14.2 Å². The molecule has 3 nitrogen and oxygen atoms in total. The average molecular weight is 627 g/mol. The van der Waals surface area contributed by atoms with E-state index in [1.165, 1.54) is 173 Å². The lowest BCUT2D eigenvalue weighted by atomic mass is 10.0. The lowest BCUT2D eigenvalue weighted by molar-refractivity contribution is -0.0645. The van der Waals surface area contributed by atoms with Crippen molar-refractivity contribution in [2.24, 2.45) is 0 Å². The second-order valence-corrected chi connectivity index (χ2v) is 13.8. The minimum atomic E-state index is 0.0299. The van der Waals surface area contributed by atoms with Crippen LogP contribution in [0.5, 0.6) is 0 Å². The summed E-state index contributed by atoms with van der Waals surface area (Å²) in [6.45, 7) is 3.55. The van der Waals surface area contributed by atoms with Gasteiger partial charge in [0.05, 0.1) is 19.8 Å². The van der Waals surface area contributed by atoms with Gasteiger partial charge in [0.25, 0.3) is 0 Å². The fraction of sp³-hybridized carbons (Fsp3) is 0.810. The Morgan fingerprint density at radius 1 is 0.467 bits per heavy atom. The highest BCUT2D eigenvalue weighted by molar-refractivity contribution is 5.13. The third-order valence-corrected chi connectivity index (χ3v) is 9.41. The van der Waals surface area contributed by atoms with Crippen LogP contribution >= 0.6 is 0 Å². The molecule has 1 aliphatic rings. The Labute approximate surface area is 280 Å². The monoisotopic (exact) mass is 627 g/mol. The molecule has 0 saturated heterocycles. The molecule has 0 aliphatic carbocycles. The first-order valence-corrected chi connectivity index (χ1v) is 19.9. The van der Waals surface area contributed by atoms with Gasteiger partial charge in [-0.3, -0.25) is 0 Å². The van der Waals surface area contributed by atoms with Gasteiger partial charge in [0.15, 0.2) is 0 Å². The minimum absolute atomic E-state index is 0.0299. The zero-order valence-corrected chi connectivity index (χ0v) is 29.7. The van der Waals surface area contributed by atoms with Crippen molar-refractivity contribution >= 4 is 0 Å². The molecular formula is C42H74O3. The van der Waals surface area contributed by atoms with Crippen molar-refractivity contribution in [1.29, 1.82) is 0 Å². The second kappa shape index (κ2) is 32.8. The van der Waals surface area contributed by atoms with Crippen molar-refractivity contribution in [3.8, 4) is 0 Å². The molecule has 0 radical (unpaired) electrons. The summed E-state index contributed by atoms with van der Waals surface area (Å²) >= 11 is 0. The first kappa shape index (κ1) is 40.0. The number of hydrogen-bond acceptors (Lipinski definition) is 3. The van der Waals surface area contributed by atoms with Crippen molar-refractivity contribution in [1.82, 2.24) is 0 Å². The van der Waals surface area contributed by atoms with E-state index in [-0.39, 0.29) is 6.10 Å². The summed E-state index contributed by atoms with van der Waals surface area (Å²) in [5.74, 6) is 0. The predicted molar refractivity (Wildman–Crippen MR) is 195 cm³/mol. The van der Waals surface area contributed by atoms with E-state index < -0.39 is 0 Å². The minimum Gasteiger partial charge on any atom is -0.379 e. The molecule has 45 heavy (non-hydrogen) atoms. The van der Waals surface area contributed by atoms with Gasteiger partial charge in [-0.05, 0) is 44.1 Å². The molecule has 3 heteroatoms. The number of ether oxygens (including phenoxy) is 3. The van der Waals surface area contributed by atoms with Crippen molar-refractivity contribution in [3.05, 3.63) is 48.0 Å². The van der Waals surface area contributed by atoms with Gasteiger partial charge in [-0.25, -0.2) is 0 Å². The highest BCUT2D eigenvalue weighted by Crippen LogP contribution is 2.15. The zero-order valence-electron chi connectivity index (χ0n) is 29.7. The van der Waals surface area contributed by atoms with E-state index in [1.807, 2.05) is 0 Å². The van der Waals surface area contributed by atoms with Gasteiger partial charge in [0, 0.05) is 13.2 Å². The van der Waals surface area contributed by atoms with Gasteiger partial charge in [-0.1, -0.05) is 184 Å².